The molecule has 0 aliphatic carbocycles. The highest BCUT2D eigenvalue weighted by atomic mass is 79.9. The molecule has 102 valence electrons. The maximum atomic E-state index is 11.5. The number of halogens is 1. The number of hydrogen-bond acceptors (Lipinski definition) is 3. The number of nitrogens with one attached hydrogen (secondary N) is 1. The molecule has 0 radical (unpaired) electrons. The van der Waals surface area contributed by atoms with Crippen LogP contribution in [-0.4, -0.2) is 26.0 Å². The Morgan fingerprint density at radius 3 is 2.56 bits per heavy atom. The monoisotopic (exact) mass is 333 g/mol. The van der Waals surface area contributed by atoms with Crippen LogP contribution < -0.4 is 5.32 Å². The molecule has 1 aromatic carbocycles. The minimum atomic E-state index is -2.93. The highest BCUT2D eigenvalue weighted by Crippen LogP contribution is 2.18. The number of rotatable bonds is 6. The Hall–Kier alpha value is -0.390. The molecule has 3 nitrogen and oxygen atoms in total. The van der Waals surface area contributed by atoms with Crippen molar-refractivity contribution in [1.29, 1.82) is 0 Å². The number of benzene rings is 1. The second kappa shape index (κ2) is 6.68. The van der Waals surface area contributed by atoms with Gasteiger partial charge >= 0.3 is 0 Å². The van der Waals surface area contributed by atoms with Gasteiger partial charge in [0, 0.05) is 22.3 Å². The third-order valence-electron chi connectivity index (χ3n) is 2.83. The fourth-order valence-corrected chi connectivity index (χ4v) is 3.36. The first kappa shape index (κ1) is 15.7. The number of sulfone groups is 1. The fraction of sp³-hybridized carbons (Fsp3) is 0.538. The highest BCUT2D eigenvalue weighted by Gasteiger charge is 2.16. The topological polar surface area (TPSA) is 46.2 Å². The minimum Gasteiger partial charge on any atom is -0.307 e. The summed E-state index contributed by atoms with van der Waals surface area (Å²) in [6, 6.07) is 8.10. The Morgan fingerprint density at radius 2 is 2.00 bits per heavy atom. The summed E-state index contributed by atoms with van der Waals surface area (Å²) in [6.45, 7) is 5.62. The van der Waals surface area contributed by atoms with Gasteiger partial charge in [0.15, 0.2) is 9.84 Å². The van der Waals surface area contributed by atoms with Gasteiger partial charge in [-0.15, -0.1) is 0 Å². The normalized spacial score (nSPS) is 15.3. The minimum absolute atomic E-state index is 0.0519. The standard InChI is InChI=1S/C13H20BrNO2S/c1-4-18(16,17)9-10(2)15-11(3)12-6-5-7-13(14)8-12/h5-8,10-11,15H,4,9H2,1-3H3/t10?,11-/m1/s1. The van der Waals surface area contributed by atoms with E-state index in [9.17, 15) is 8.42 Å². The molecule has 0 aliphatic rings. The average molecular weight is 334 g/mol. The molecule has 0 bridgehead atoms. The Bertz CT molecular complexity index is 488. The van der Waals surface area contributed by atoms with Crippen LogP contribution in [0, 0.1) is 0 Å². The summed E-state index contributed by atoms with van der Waals surface area (Å²) >= 11 is 3.43. The summed E-state index contributed by atoms with van der Waals surface area (Å²) in [5.74, 6) is 0.381. The maximum absolute atomic E-state index is 11.5. The Labute approximate surface area is 118 Å². The molecule has 0 aromatic heterocycles. The quantitative estimate of drug-likeness (QED) is 0.870. The Balaban J connectivity index is 2.62. The molecule has 1 N–H and O–H groups in total. The zero-order valence-electron chi connectivity index (χ0n) is 11.0. The average Bonchev–Trinajstić information content (AvgIpc) is 2.28. The van der Waals surface area contributed by atoms with Crippen LogP contribution in [-0.2, 0) is 9.84 Å². The summed E-state index contributed by atoms with van der Waals surface area (Å²) < 4.78 is 24.1. The molecule has 1 aromatic rings. The van der Waals surface area contributed by atoms with Gasteiger partial charge in [-0.3, -0.25) is 0 Å². The molecule has 0 saturated carbocycles. The lowest BCUT2D eigenvalue weighted by Gasteiger charge is -2.20. The lowest BCUT2D eigenvalue weighted by atomic mass is 10.1. The zero-order valence-corrected chi connectivity index (χ0v) is 13.4. The van der Waals surface area contributed by atoms with Crippen molar-refractivity contribution in [3.05, 3.63) is 34.3 Å². The molecular weight excluding hydrogens is 314 g/mol. The molecule has 0 aliphatic heterocycles. The van der Waals surface area contributed by atoms with E-state index in [0.29, 0.717) is 0 Å². The smallest absolute Gasteiger partial charge is 0.151 e. The van der Waals surface area contributed by atoms with Gasteiger partial charge in [0.1, 0.15) is 0 Å². The van der Waals surface area contributed by atoms with Crippen LogP contribution in [0.15, 0.2) is 28.7 Å². The van der Waals surface area contributed by atoms with E-state index in [1.165, 1.54) is 0 Å². The fourth-order valence-electron chi connectivity index (χ4n) is 1.85. The molecule has 5 heteroatoms. The third-order valence-corrected chi connectivity index (χ3v) is 5.21. The van der Waals surface area contributed by atoms with Gasteiger partial charge in [-0.2, -0.15) is 0 Å². The Morgan fingerprint density at radius 1 is 1.33 bits per heavy atom. The zero-order chi connectivity index (χ0) is 13.8. The second-order valence-corrected chi connectivity index (χ2v) is 7.86. The SMILES string of the molecule is CCS(=O)(=O)CC(C)N[C@H](C)c1cccc(Br)c1. The van der Waals surface area contributed by atoms with Crippen molar-refractivity contribution in [1.82, 2.24) is 5.32 Å². The van der Waals surface area contributed by atoms with Crippen molar-refractivity contribution in [3.63, 3.8) is 0 Å². The van der Waals surface area contributed by atoms with E-state index in [2.05, 4.69) is 21.2 Å². The van der Waals surface area contributed by atoms with Gasteiger partial charge in [0.2, 0.25) is 0 Å². The highest BCUT2D eigenvalue weighted by molar-refractivity contribution is 9.10. The van der Waals surface area contributed by atoms with Crippen LogP contribution in [0.1, 0.15) is 32.4 Å². The van der Waals surface area contributed by atoms with E-state index < -0.39 is 9.84 Å². The first-order valence-electron chi connectivity index (χ1n) is 6.06. The van der Waals surface area contributed by atoms with Crippen LogP contribution in [0.4, 0.5) is 0 Å². The molecule has 18 heavy (non-hydrogen) atoms. The molecule has 1 rings (SSSR count). The molecule has 0 amide bonds. The van der Waals surface area contributed by atoms with Crippen LogP contribution in [0.25, 0.3) is 0 Å². The third kappa shape index (κ3) is 5.08. The first-order valence-corrected chi connectivity index (χ1v) is 8.67. The molecule has 2 atom stereocenters. The van der Waals surface area contributed by atoms with Crippen LogP contribution in [0.5, 0.6) is 0 Å². The van der Waals surface area contributed by atoms with Crippen LogP contribution >= 0.6 is 15.9 Å². The van der Waals surface area contributed by atoms with Crippen LogP contribution in [0.3, 0.4) is 0 Å². The van der Waals surface area contributed by atoms with Crippen molar-refractivity contribution in [3.8, 4) is 0 Å². The molecule has 0 saturated heterocycles. The molecule has 0 spiro atoms. The predicted molar refractivity (Wildman–Crippen MR) is 79.5 cm³/mol. The number of hydrogen-bond donors (Lipinski definition) is 1. The van der Waals surface area contributed by atoms with Gasteiger partial charge in [-0.05, 0) is 31.5 Å². The van der Waals surface area contributed by atoms with E-state index in [-0.39, 0.29) is 23.6 Å². The lowest BCUT2D eigenvalue weighted by molar-refractivity contribution is 0.499. The van der Waals surface area contributed by atoms with Gasteiger partial charge in [0.05, 0.1) is 5.75 Å². The largest absolute Gasteiger partial charge is 0.307 e. The van der Waals surface area contributed by atoms with Crippen molar-refractivity contribution < 1.29 is 8.42 Å². The first-order chi connectivity index (χ1) is 8.34. The van der Waals surface area contributed by atoms with Crippen LogP contribution in [0.2, 0.25) is 0 Å². The summed E-state index contributed by atoms with van der Waals surface area (Å²) in [5.41, 5.74) is 1.14. The van der Waals surface area contributed by atoms with Gasteiger partial charge < -0.3 is 5.32 Å². The lowest BCUT2D eigenvalue weighted by Crippen LogP contribution is -2.35. The van der Waals surface area contributed by atoms with E-state index in [4.69, 9.17) is 0 Å². The predicted octanol–water partition coefficient (Wildman–Crippen LogP) is 2.92. The van der Waals surface area contributed by atoms with Crippen molar-refractivity contribution >= 4 is 25.8 Å². The van der Waals surface area contributed by atoms with Crippen molar-refractivity contribution in [2.45, 2.75) is 32.9 Å². The van der Waals surface area contributed by atoms with Crippen molar-refractivity contribution in [2.24, 2.45) is 0 Å². The van der Waals surface area contributed by atoms with E-state index in [0.717, 1.165) is 10.0 Å². The maximum Gasteiger partial charge on any atom is 0.151 e. The van der Waals surface area contributed by atoms with Crippen molar-refractivity contribution in [2.75, 3.05) is 11.5 Å². The van der Waals surface area contributed by atoms with Gasteiger partial charge in [0.25, 0.3) is 0 Å². The van der Waals surface area contributed by atoms with E-state index >= 15 is 0 Å². The van der Waals surface area contributed by atoms with E-state index in [1.807, 2.05) is 38.1 Å². The summed E-state index contributed by atoms with van der Waals surface area (Å²) in [7, 11) is -2.93. The summed E-state index contributed by atoms with van der Waals surface area (Å²) in [4.78, 5) is 0. The molecule has 0 fully saturated rings. The molecule has 0 heterocycles. The van der Waals surface area contributed by atoms with Gasteiger partial charge in [-0.1, -0.05) is 35.0 Å². The second-order valence-electron chi connectivity index (χ2n) is 4.54. The van der Waals surface area contributed by atoms with E-state index in [1.54, 1.807) is 6.92 Å². The molecular formula is C13H20BrNO2S. The summed E-state index contributed by atoms with van der Waals surface area (Å²) in [6.07, 6.45) is 0. The molecule has 1 unspecified atom stereocenters. The Kier molecular flexibility index (Phi) is 5.82. The summed E-state index contributed by atoms with van der Waals surface area (Å²) in [5, 5.41) is 3.31. The van der Waals surface area contributed by atoms with Gasteiger partial charge in [-0.25, -0.2) is 8.42 Å².